The van der Waals surface area contributed by atoms with E-state index in [2.05, 4.69) is 0 Å². The van der Waals surface area contributed by atoms with Gasteiger partial charge in [0.2, 0.25) is 0 Å². The average Bonchev–Trinajstić information content (AvgIpc) is 1.86. The third kappa shape index (κ3) is 2.00. The number of allylic oxidation sites excluding steroid dienone is 2. The Morgan fingerprint density at radius 1 is 1.14 bits per heavy atom. The van der Waals surface area contributed by atoms with E-state index in [-0.39, 0.29) is 25.2 Å². The van der Waals surface area contributed by atoms with Gasteiger partial charge in [-0.15, -0.1) is 0 Å². The van der Waals surface area contributed by atoms with Crippen LogP contribution in [0.1, 0.15) is 0 Å². The Morgan fingerprint density at radius 3 is 1.71 bits per heavy atom. The Morgan fingerprint density at radius 2 is 1.57 bits per heavy atom. The summed E-state index contributed by atoms with van der Waals surface area (Å²) in [6, 6.07) is 0. The SMILES string of the molecule is [Ir].[O-][NH+]1C=CC=C1. The maximum atomic E-state index is 10.1. The van der Waals surface area contributed by atoms with Crippen LogP contribution in [0.5, 0.6) is 0 Å². The van der Waals surface area contributed by atoms with Crippen LogP contribution in [0, 0.1) is 5.21 Å². The molecule has 0 saturated carbocycles. The van der Waals surface area contributed by atoms with E-state index in [1.807, 2.05) is 0 Å². The summed E-state index contributed by atoms with van der Waals surface area (Å²) in [6.07, 6.45) is 6.50. The molecule has 7 heavy (non-hydrogen) atoms. The van der Waals surface area contributed by atoms with Crippen molar-refractivity contribution < 1.29 is 25.2 Å². The van der Waals surface area contributed by atoms with Crippen molar-refractivity contribution in [1.29, 1.82) is 0 Å². The molecule has 1 N–H and O–H groups in total. The summed E-state index contributed by atoms with van der Waals surface area (Å²) in [5.74, 6) is 0. The largest absolute Gasteiger partial charge is 0.624 e. The molecule has 0 amide bonds. The molecule has 1 aliphatic rings. The molecule has 1 aliphatic heterocycles. The fourth-order valence-electron chi connectivity index (χ4n) is 0.356. The van der Waals surface area contributed by atoms with Crippen LogP contribution in [0.3, 0.4) is 0 Å². The quantitative estimate of drug-likeness (QED) is 0.588. The van der Waals surface area contributed by atoms with E-state index in [1.54, 1.807) is 12.2 Å². The predicted octanol–water partition coefficient (Wildman–Crippen LogP) is -0.592. The van der Waals surface area contributed by atoms with E-state index < -0.39 is 0 Å². The van der Waals surface area contributed by atoms with Gasteiger partial charge in [-0.2, -0.15) is 0 Å². The van der Waals surface area contributed by atoms with Gasteiger partial charge in [0.05, 0.1) is 12.4 Å². The minimum Gasteiger partial charge on any atom is -0.624 e. The molecule has 0 spiro atoms. The topological polar surface area (TPSA) is 27.5 Å². The number of quaternary nitrogens is 1. The van der Waals surface area contributed by atoms with E-state index in [0.29, 0.717) is 0 Å². The molecule has 1 rings (SSSR count). The molecule has 0 saturated heterocycles. The zero-order chi connectivity index (χ0) is 4.41. The van der Waals surface area contributed by atoms with Gasteiger partial charge in [-0.05, 0) is 12.2 Å². The summed E-state index contributed by atoms with van der Waals surface area (Å²) < 4.78 is 0. The Balaban J connectivity index is 0.000000360. The van der Waals surface area contributed by atoms with Crippen LogP contribution in [0.15, 0.2) is 24.6 Å². The second-order valence-electron chi connectivity index (χ2n) is 1.12. The van der Waals surface area contributed by atoms with Crippen molar-refractivity contribution in [3.63, 3.8) is 0 Å². The molecule has 0 aliphatic carbocycles. The van der Waals surface area contributed by atoms with Gasteiger partial charge in [-0.1, -0.05) is 0 Å². The Kier molecular flexibility index (Phi) is 3.13. The molecule has 2 nitrogen and oxygen atoms in total. The Bertz CT molecular complexity index is 87.9. The molecule has 0 fully saturated rings. The fraction of sp³-hybridized carbons (Fsp3) is 0. The molecule has 0 aromatic rings. The third-order valence-corrected chi connectivity index (χ3v) is 0.632. The van der Waals surface area contributed by atoms with Crippen molar-refractivity contribution in [2.75, 3.05) is 0 Å². The van der Waals surface area contributed by atoms with Crippen LogP contribution in [0.2, 0.25) is 0 Å². The van der Waals surface area contributed by atoms with Crippen molar-refractivity contribution in [3.8, 4) is 0 Å². The Hall–Kier alpha value is 0.0494. The molecule has 0 aromatic carbocycles. The molecular weight excluding hydrogens is 270 g/mol. The number of nitrogens with one attached hydrogen (secondary N) is 1. The summed E-state index contributed by atoms with van der Waals surface area (Å²) >= 11 is 0. The summed E-state index contributed by atoms with van der Waals surface area (Å²) in [5.41, 5.74) is 0. The first kappa shape index (κ1) is 7.05. The summed E-state index contributed by atoms with van der Waals surface area (Å²) in [4.78, 5) is 0. The van der Waals surface area contributed by atoms with Gasteiger partial charge in [0, 0.05) is 20.1 Å². The molecule has 41 valence electrons. The monoisotopic (exact) mass is 276 g/mol. The van der Waals surface area contributed by atoms with Crippen LogP contribution in [-0.4, -0.2) is 0 Å². The zero-order valence-corrected chi connectivity index (χ0v) is 5.95. The van der Waals surface area contributed by atoms with Crippen LogP contribution < -0.4 is 5.06 Å². The number of hydrogen-bond acceptors (Lipinski definition) is 1. The molecule has 3 heteroatoms. The number of hydrogen-bond donors (Lipinski definition) is 1. The molecule has 1 heterocycles. The van der Waals surface area contributed by atoms with Gasteiger partial charge in [-0.3, -0.25) is 0 Å². The first-order chi connectivity index (χ1) is 2.89. The second kappa shape index (κ2) is 3.10. The van der Waals surface area contributed by atoms with Crippen LogP contribution in [0.25, 0.3) is 0 Å². The van der Waals surface area contributed by atoms with E-state index in [9.17, 15) is 5.21 Å². The molecule has 0 aromatic heterocycles. The maximum Gasteiger partial charge on any atom is 0.0990 e. The van der Waals surface area contributed by atoms with Crippen molar-refractivity contribution >= 4 is 0 Å². The van der Waals surface area contributed by atoms with Gasteiger partial charge >= 0.3 is 0 Å². The van der Waals surface area contributed by atoms with E-state index in [1.165, 1.54) is 12.4 Å². The van der Waals surface area contributed by atoms with Gasteiger partial charge < -0.3 is 10.3 Å². The van der Waals surface area contributed by atoms with E-state index >= 15 is 0 Å². The van der Waals surface area contributed by atoms with Crippen molar-refractivity contribution in [1.82, 2.24) is 0 Å². The van der Waals surface area contributed by atoms with E-state index in [0.717, 1.165) is 0 Å². The van der Waals surface area contributed by atoms with Crippen LogP contribution in [0.4, 0.5) is 0 Å². The predicted molar refractivity (Wildman–Crippen MR) is 22.6 cm³/mol. The van der Waals surface area contributed by atoms with Gasteiger partial charge in [-0.25, -0.2) is 0 Å². The first-order valence-corrected chi connectivity index (χ1v) is 1.78. The first-order valence-electron chi connectivity index (χ1n) is 1.78. The molecule has 0 atom stereocenters. The molecular formula is C4H5IrNO. The van der Waals surface area contributed by atoms with Gasteiger partial charge in [0.1, 0.15) is 0 Å². The Labute approximate surface area is 55.4 Å². The van der Waals surface area contributed by atoms with E-state index in [4.69, 9.17) is 0 Å². The standard InChI is InChI=1S/C4H5NO.Ir/c6-5-3-1-2-4-5;/h1-5H;. The van der Waals surface area contributed by atoms with Crippen molar-refractivity contribution in [2.24, 2.45) is 0 Å². The maximum absolute atomic E-state index is 10.1. The minimum atomic E-state index is 0. The minimum absolute atomic E-state index is 0. The summed E-state index contributed by atoms with van der Waals surface area (Å²) in [6.45, 7) is 0. The number of rotatable bonds is 0. The normalized spacial score (nSPS) is 17.3. The molecule has 0 bridgehead atoms. The van der Waals surface area contributed by atoms with Crippen molar-refractivity contribution in [3.05, 3.63) is 29.8 Å². The van der Waals surface area contributed by atoms with Crippen LogP contribution in [-0.2, 0) is 20.1 Å². The smallest absolute Gasteiger partial charge is 0.0990 e. The second-order valence-corrected chi connectivity index (χ2v) is 1.12. The molecule has 1 radical (unpaired) electrons. The molecule has 0 unspecified atom stereocenters. The summed E-state index contributed by atoms with van der Waals surface area (Å²) in [5, 5.41) is 10.2. The summed E-state index contributed by atoms with van der Waals surface area (Å²) in [7, 11) is 0. The van der Waals surface area contributed by atoms with Gasteiger partial charge in [0.25, 0.3) is 0 Å². The zero-order valence-electron chi connectivity index (χ0n) is 3.55. The fourth-order valence-corrected chi connectivity index (χ4v) is 0.356. The number of hydroxylamine groups is 2. The van der Waals surface area contributed by atoms with Gasteiger partial charge in [0.15, 0.2) is 0 Å². The van der Waals surface area contributed by atoms with Crippen LogP contribution >= 0.6 is 0 Å². The average molecular weight is 275 g/mol. The van der Waals surface area contributed by atoms with Crippen molar-refractivity contribution in [2.45, 2.75) is 0 Å². The third-order valence-electron chi connectivity index (χ3n) is 0.632.